The summed E-state index contributed by atoms with van der Waals surface area (Å²) in [6, 6.07) is 14.7. The van der Waals surface area contributed by atoms with Crippen LogP contribution in [0.15, 0.2) is 46.9 Å². The molecule has 0 fully saturated rings. The maximum Gasteiger partial charge on any atom is 0.0806 e. The minimum Gasteiger partial charge on any atom is -0.388 e. The van der Waals surface area contributed by atoms with Crippen molar-refractivity contribution in [3.63, 3.8) is 0 Å². The summed E-state index contributed by atoms with van der Waals surface area (Å²) in [7, 11) is 0. The van der Waals surface area contributed by atoms with Crippen LogP contribution < -0.4 is 0 Å². The lowest BCUT2D eigenvalue weighted by atomic mass is 9.74. The van der Waals surface area contributed by atoms with E-state index in [1.165, 1.54) is 16.7 Å². The number of benzene rings is 2. The topological polar surface area (TPSA) is 20.2 Å². The molecule has 0 bridgehead atoms. The highest BCUT2D eigenvalue weighted by Crippen LogP contribution is 2.41. The van der Waals surface area contributed by atoms with Gasteiger partial charge in [0.25, 0.3) is 0 Å². The standard InChI is InChI=1S/C17H17BrO/c1-11-6-7-15(16(18)8-11)17(19)10-13-9-12-4-2-3-5-14(12)13/h2-8,13,17,19H,9-10H2,1H3. The molecule has 98 valence electrons. The minimum absolute atomic E-state index is 0.395. The van der Waals surface area contributed by atoms with E-state index in [9.17, 15) is 5.11 Å². The van der Waals surface area contributed by atoms with Gasteiger partial charge in [0.1, 0.15) is 0 Å². The molecule has 0 heterocycles. The van der Waals surface area contributed by atoms with Gasteiger partial charge in [-0.3, -0.25) is 0 Å². The van der Waals surface area contributed by atoms with Crippen LogP contribution in [0.25, 0.3) is 0 Å². The van der Waals surface area contributed by atoms with Crippen molar-refractivity contribution in [3.05, 3.63) is 69.2 Å². The number of halogens is 1. The Morgan fingerprint density at radius 3 is 2.79 bits per heavy atom. The van der Waals surface area contributed by atoms with Gasteiger partial charge in [-0.1, -0.05) is 52.3 Å². The molecule has 19 heavy (non-hydrogen) atoms. The summed E-state index contributed by atoms with van der Waals surface area (Å²) >= 11 is 3.55. The molecule has 0 aromatic heterocycles. The van der Waals surface area contributed by atoms with Crippen LogP contribution >= 0.6 is 15.9 Å². The summed E-state index contributed by atoms with van der Waals surface area (Å²) in [6.45, 7) is 2.06. The summed E-state index contributed by atoms with van der Waals surface area (Å²) < 4.78 is 1.01. The van der Waals surface area contributed by atoms with Gasteiger partial charge in [-0.05, 0) is 54.0 Å². The lowest BCUT2D eigenvalue weighted by Gasteiger charge is -2.32. The van der Waals surface area contributed by atoms with E-state index in [2.05, 4.69) is 59.3 Å². The molecule has 0 saturated heterocycles. The average Bonchev–Trinajstić information content (AvgIpc) is 2.35. The molecule has 3 rings (SSSR count). The molecule has 0 spiro atoms. The smallest absolute Gasteiger partial charge is 0.0806 e. The molecule has 2 atom stereocenters. The number of aliphatic hydroxyl groups excluding tert-OH is 1. The first kappa shape index (κ1) is 12.9. The number of rotatable bonds is 3. The molecule has 0 saturated carbocycles. The molecule has 2 aromatic carbocycles. The fraction of sp³-hybridized carbons (Fsp3) is 0.294. The Balaban J connectivity index is 1.75. The summed E-state index contributed by atoms with van der Waals surface area (Å²) in [4.78, 5) is 0. The van der Waals surface area contributed by atoms with Crippen molar-refractivity contribution in [2.24, 2.45) is 0 Å². The predicted octanol–water partition coefficient (Wildman–Crippen LogP) is 4.52. The maximum absolute atomic E-state index is 10.4. The summed E-state index contributed by atoms with van der Waals surface area (Å²) in [5.41, 5.74) is 5.04. The van der Waals surface area contributed by atoms with Crippen LogP contribution in [0.5, 0.6) is 0 Å². The minimum atomic E-state index is -0.395. The predicted molar refractivity (Wildman–Crippen MR) is 81.3 cm³/mol. The van der Waals surface area contributed by atoms with Crippen LogP contribution in [0.1, 0.15) is 40.7 Å². The van der Waals surface area contributed by atoms with Crippen LogP contribution in [0.2, 0.25) is 0 Å². The van der Waals surface area contributed by atoms with Crippen LogP contribution in [0.3, 0.4) is 0 Å². The van der Waals surface area contributed by atoms with E-state index >= 15 is 0 Å². The first-order chi connectivity index (χ1) is 9.15. The Morgan fingerprint density at radius 1 is 1.26 bits per heavy atom. The van der Waals surface area contributed by atoms with Crippen LogP contribution in [-0.2, 0) is 6.42 Å². The van der Waals surface area contributed by atoms with Crippen LogP contribution in [0, 0.1) is 6.92 Å². The third-order valence-electron chi connectivity index (χ3n) is 3.98. The van der Waals surface area contributed by atoms with Crippen molar-refractivity contribution in [1.29, 1.82) is 0 Å². The van der Waals surface area contributed by atoms with Crippen molar-refractivity contribution >= 4 is 15.9 Å². The lowest BCUT2D eigenvalue weighted by Crippen LogP contribution is -2.19. The third kappa shape index (κ3) is 2.47. The second kappa shape index (κ2) is 5.10. The quantitative estimate of drug-likeness (QED) is 0.882. The number of aliphatic hydroxyl groups is 1. The Bertz CT molecular complexity index is 606. The van der Waals surface area contributed by atoms with Crippen molar-refractivity contribution in [2.45, 2.75) is 31.8 Å². The maximum atomic E-state index is 10.4. The summed E-state index contributed by atoms with van der Waals surface area (Å²) in [5, 5.41) is 10.4. The van der Waals surface area contributed by atoms with Gasteiger partial charge in [-0.2, -0.15) is 0 Å². The van der Waals surface area contributed by atoms with E-state index < -0.39 is 6.10 Å². The SMILES string of the molecule is Cc1ccc(C(O)CC2Cc3ccccc32)c(Br)c1. The molecule has 0 aliphatic heterocycles. The van der Waals surface area contributed by atoms with Crippen molar-refractivity contribution in [1.82, 2.24) is 0 Å². The van der Waals surface area contributed by atoms with Gasteiger partial charge in [-0.25, -0.2) is 0 Å². The molecule has 1 aliphatic carbocycles. The molecular formula is C17H17BrO. The number of fused-ring (bicyclic) bond motifs is 1. The molecule has 0 amide bonds. The van der Waals surface area contributed by atoms with E-state index in [1.54, 1.807) is 0 Å². The monoisotopic (exact) mass is 316 g/mol. The highest BCUT2D eigenvalue weighted by atomic mass is 79.9. The van der Waals surface area contributed by atoms with Gasteiger partial charge < -0.3 is 5.11 Å². The van der Waals surface area contributed by atoms with E-state index in [1.807, 2.05) is 6.07 Å². The summed E-state index contributed by atoms with van der Waals surface area (Å²) in [5.74, 6) is 0.499. The fourth-order valence-electron chi connectivity index (χ4n) is 2.87. The van der Waals surface area contributed by atoms with Gasteiger partial charge in [0.05, 0.1) is 6.10 Å². The zero-order valence-electron chi connectivity index (χ0n) is 10.9. The highest BCUT2D eigenvalue weighted by Gasteiger charge is 2.28. The first-order valence-corrected chi connectivity index (χ1v) is 7.46. The van der Waals surface area contributed by atoms with Gasteiger partial charge in [0, 0.05) is 4.47 Å². The largest absolute Gasteiger partial charge is 0.388 e. The van der Waals surface area contributed by atoms with Crippen LogP contribution in [0.4, 0.5) is 0 Å². The molecule has 0 radical (unpaired) electrons. The Hall–Kier alpha value is -1.12. The van der Waals surface area contributed by atoms with Crippen molar-refractivity contribution < 1.29 is 5.11 Å². The van der Waals surface area contributed by atoms with Gasteiger partial charge in [0.2, 0.25) is 0 Å². The number of aryl methyl sites for hydroxylation is 1. The number of hydrogen-bond acceptors (Lipinski definition) is 1. The molecule has 2 unspecified atom stereocenters. The van der Waals surface area contributed by atoms with E-state index in [0.717, 1.165) is 22.9 Å². The molecule has 1 nitrogen and oxygen atoms in total. The Labute approximate surface area is 122 Å². The number of hydrogen-bond donors (Lipinski definition) is 1. The second-order valence-electron chi connectivity index (χ2n) is 5.38. The third-order valence-corrected chi connectivity index (χ3v) is 4.67. The normalized spacial score (nSPS) is 18.6. The molecule has 2 aromatic rings. The highest BCUT2D eigenvalue weighted by molar-refractivity contribution is 9.10. The van der Waals surface area contributed by atoms with Crippen molar-refractivity contribution in [3.8, 4) is 0 Å². The molecule has 2 heteroatoms. The average molecular weight is 317 g/mol. The molecular weight excluding hydrogens is 300 g/mol. The van der Waals surface area contributed by atoms with Gasteiger partial charge >= 0.3 is 0 Å². The lowest BCUT2D eigenvalue weighted by molar-refractivity contribution is 0.153. The van der Waals surface area contributed by atoms with Crippen LogP contribution in [-0.4, -0.2) is 5.11 Å². The Kier molecular flexibility index (Phi) is 3.46. The molecule has 1 N–H and O–H groups in total. The molecule has 1 aliphatic rings. The first-order valence-electron chi connectivity index (χ1n) is 6.67. The van der Waals surface area contributed by atoms with E-state index in [-0.39, 0.29) is 0 Å². The second-order valence-corrected chi connectivity index (χ2v) is 6.23. The van der Waals surface area contributed by atoms with E-state index in [4.69, 9.17) is 0 Å². The van der Waals surface area contributed by atoms with Crippen molar-refractivity contribution in [2.75, 3.05) is 0 Å². The van der Waals surface area contributed by atoms with Gasteiger partial charge in [-0.15, -0.1) is 0 Å². The summed E-state index contributed by atoms with van der Waals surface area (Å²) in [6.07, 6.45) is 1.50. The van der Waals surface area contributed by atoms with Gasteiger partial charge in [0.15, 0.2) is 0 Å². The van der Waals surface area contributed by atoms with E-state index in [0.29, 0.717) is 5.92 Å². The fourth-order valence-corrected chi connectivity index (χ4v) is 3.63. The zero-order chi connectivity index (χ0) is 13.4. The zero-order valence-corrected chi connectivity index (χ0v) is 12.5. The Morgan fingerprint density at radius 2 is 2.05 bits per heavy atom.